The molecule has 0 bridgehead atoms. The molecule has 0 unspecified atom stereocenters. The van der Waals surface area contributed by atoms with Gasteiger partial charge in [0.1, 0.15) is 23.1 Å². The van der Waals surface area contributed by atoms with Crippen molar-refractivity contribution in [2.75, 3.05) is 0 Å². The van der Waals surface area contributed by atoms with E-state index < -0.39 is 9.85 Å². The number of ether oxygens (including phenoxy) is 1. The third kappa shape index (κ3) is 3.10. The van der Waals surface area contributed by atoms with Crippen LogP contribution >= 0.6 is 0 Å². The van der Waals surface area contributed by atoms with Crippen molar-refractivity contribution in [1.82, 2.24) is 0 Å². The maximum Gasteiger partial charge on any atom is 0.273 e. The smallest absolute Gasteiger partial charge is 0.273 e. The van der Waals surface area contributed by atoms with Gasteiger partial charge in [0.05, 0.1) is 15.9 Å². The Morgan fingerprint density at radius 3 is 2.29 bits per heavy atom. The molecule has 0 aliphatic rings. The molecular weight excluding hydrogens is 278 g/mol. The molecule has 0 N–H and O–H groups in total. The second-order valence-electron chi connectivity index (χ2n) is 3.91. The van der Waals surface area contributed by atoms with Gasteiger partial charge in [-0.25, -0.2) is 0 Å². The highest BCUT2D eigenvalue weighted by Gasteiger charge is 2.13. The molecule has 2 aromatic rings. The van der Waals surface area contributed by atoms with E-state index in [0.717, 1.165) is 6.07 Å². The van der Waals surface area contributed by atoms with Crippen LogP contribution in [0.5, 0.6) is 11.5 Å². The number of nitro benzene ring substituents is 2. The lowest BCUT2D eigenvalue weighted by atomic mass is 10.2. The van der Waals surface area contributed by atoms with Gasteiger partial charge in [0.25, 0.3) is 11.4 Å². The van der Waals surface area contributed by atoms with Gasteiger partial charge in [-0.1, -0.05) is 6.07 Å². The quantitative estimate of drug-likeness (QED) is 0.628. The lowest BCUT2D eigenvalue weighted by Crippen LogP contribution is -1.93. The van der Waals surface area contributed by atoms with Gasteiger partial charge in [-0.2, -0.15) is 5.26 Å². The average molecular weight is 285 g/mol. The van der Waals surface area contributed by atoms with Gasteiger partial charge < -0.3 is 4.74 Å². The molecule has 0 radical (unpaired) electrons. The lowest BCUT2D eigenvalue weighted by molar-refractivity contribution is -0.385. The van der Waals surface area contributed by atoms with Gasteiger partial charge in [-0.15, -0.1) is 0 Å². The first kappa shape index (κ1) is 14.0. The molecule has 0 amide bonds. The Bertz CT molecular complexity index is 767. The number of nitro groups is 2. The van der Waals surface area contributed by atoms with E-state index in [-0.39, 0.29) is 28.4 Å². The largest absolute Gasteiger partial charge is 0.456 e. The number of benzene rings is 2. The molecule has 0 aliphatic carbocycles. The predicted octanol–water partition coefficient (Wildman–Crippen LogP) is 3.17. The number of hydrogen-bond donors (Lipinski definition) is 0. The van der Waals surface area contributed by atoms with E-state index in [4.69, 9.17) is 10.00 Å². The minimum absolute atomic E-state index is 0.0318. The molecule has 8 heteroatoms. The van der Waals surface area contributed by atoms with Crippen LogP contribution in [0.15, 0.2) is 42.5 Å². The predicted molar refractivity (Wildman–Crippen MR) is 71.0 cm³/mol. The molecule has 21 heavy (non-hydrogen) atoms. The Labute approximate surface area is 118 Å². The fourth-order valence-corrected chi connectivity index (χ4v) is 1.60. The minimum atomic E-state index is -0.627. The van der Waals surface area contributed by atoms with Crippen LogP contribution in [0, 0.1) is 31.6 Å². The van der Waals surface area contributed by atoms with Gasteiger partial charge in [0.2, 0.25) is 0 Å². The first-order valence-electron chi connectivity index (χ1n) is 5.62. The van der Waals surface area contributed by atoms with E-state index in [1.54, 1.807) is 6.07 Å². The number of rotatable bonds is 4. The van der Waals surface area contributed by atoms with Crippen LogP contribution in [-0.2, 0) is 0 Å². The molecular formula is C13H7N3O5. The number of nitrogens with zero attached hydrogens (tertiary/aromatic N) is 3. The molecule has 2 aromatic carbocycles. The molecule has 2 rings (SSSR count). The van der Waals surface area contributed by atoms with Gasteiger partial charge in [0, 0.05) is 18.2 Å². The highest BCUT2D eigenvalue weighted by molar-refractivity contribution is 5.52. The molecule has 0 spiro atoms. The van der Waals surface area contributed by atoms with Crippen LogP contribution in [0.1, 0.15) is 5.56 Å². The Balaban J connectivity index is 2.36. The van der Waals surface area contributed by atoms with Crippen LogP contribution in [0.2, 0.25) is 0 Å². The van der Waals surface area contributed by atoms with E-state index >= 15 is 0 Å². The minimum Gasteiger partial charge on any atom is -0.456 e. The van der Waals surface area contributed by atoms with Crippen molar-refractivity contribution < 1.29 is 14.6 Å². The van der Waals surface area contributed by atoms with E-state index in [9.17, 15) is 20.2 Å². The Hall–Kier alpha value is -3.47. The highest BCUT2D eigenvalue weighted by atomic mass is 16.6. The molecule has 0 heterocycles. The summed E-state index contributed by atoms with van der Waals surface area (Å²) in [6, 6.07) is 10.7. The normalized spacial score (nSPS) is 9.67. The fraction of sp³-hybridized carbons (Fsp3) is 0. The number of nitriles is 1. The van der Waals surface area contributed by atoms with Crippen molar-refractivity contribution in [3.8, 4) is 17.6 Å². The molecule has 104 valence electrons. The number of hydrogen-bond acceptors (Lipinski definition) is 6. The summed E-state index contributed by atoms with van der Waals surface area (Å²) < 4.78 is 5.38. The summed E-state index contributed by atoms with van der Waals surface area (Å²) in [5.41, 5.74) is -0.429. The van der Waals surface area contributed by atoms with Crippen LogP contribution in [0.4, 0.5) is 11.4 Å². The third-order valence-electron chi connectivity index (χ3n) is 2.55. The van der Waals surface area contributed by atoms with Crippen molar-refractivity contribution in [3.05, 3.63) is 68.3 Å². The summed E-state index contributed by atoms with van der Waals surface area (Å²) in [7, 11) is 0. The summed E-state index contributed by atoms with van der Waals surface area (Å²) in [4.78, 5) is 20.1. The summed E-state index contributed by atoms with van der Waals surface area (Å²) in [5.74, 6) is 0.248. The van der Waals surface area contributed by atoms with Crippen LogP contribution < -0.4 is 4.74 Å². The van der Waals surface area contributed by atoms with Crippen LogP contribution in [0.3, 0.4) is 0 Å². The van der Waals surface area contributed by atoms with Crippen LogP contribution in [0.25, 0.3) is 0 Å². The van der Waals surface area contributed by atoms with E-state index in [1.165, 1.54) is 36.4 Å². The zero-order valence-corrected chi connectivity index (χ0v) is 10.4. The van der Waals surface area contributed by atoms with Gasteiger partial charge in [-0.3, -0.25) is 20.2 Å². The second-order valence-corrected chi connectivity index (χ2v) is 3.91. The van der Waals surface area contributed by atoms with Gasteiger partial charge >= 0.3 is 0 Å². The zero-order chi connectivity index (χ0) is 15.4. The van der Waals surface area contributed by atoms with Crippen LogP contribution in [-0.4, -0.2) is 9.85 Å². The number of non-ortho nitro benzene ring substituents is 2. The van der Waals surface area contributed by atoms with Gasteiger partial charge in [-0.05, 0) is 12.1 Å². The third-order valence-corrected chi connectivity index (χ3v) is 2.55. The summed E-state index contributed by atoms with van der Waals surface area (Å²) >= 11 is 0. The maximum atomic E-state index is 10.7. The zero-order valence-electron chi connectivity index (χ0n) is 10.4. The summed E-state index contributed by atoms with van der Waals surface area (Å²) in [6.45, 7) is 0. The lowest BCUT2D eigenvalue weighted by Gasteiger charge is -2.06. The van der Waals surface area contributed by atoms with Crippen molar-refractivity contribution >= 4 is 11.4 Å². The maximum absolute atomic E-state index is 10.7. The molecule has 0 saturated carbocycles. The second kappa shape index (κ2) is 5.66. The molecule has 8 nitrogen and oxygen atoms in total. The molecule has 0 saturated heterocycles. The Morgan fingerprint density at radius 2 is 1.67 bits per heavy atom. The first-order chi connectivity index (χ1) is 10.0. The molecule has 0 fully saturated rings. The monoisotopic (exact) mass is 285 g/mol. The van der Waals surface area contributed by atoms with E-state index in [2.05, 4.69) is 0 Å². The fourth-order valence-electron chi connectivity index (χ4n) is 1.60. The average Bonchev–Trinajstić information content (AvgIpc) is 2.47. The SMILES string of the molecule is N#Cc1cc([N+](=O)[O-])ccc1Oc1cccc([N+](=O)[O-])c1. The Kier molecular flexibility index (Phi) is 3.76. The molecule has 0 aromatic heterocycles. The Morgan fingerprint density at radius 1 is 1.00 bits per heavy atom. The topological polar surface area (TPSA) is 119 Å². The first-order valence-corrected chi connectivity index (χ1v) is 5.62. The highest BCUT2D eigenvalue weighted by Crippen LogP contribution is 2.29. The van der Waals surface area contributed by atoms with Crippen molar-refractivity contribution in [2.45, 2.75) is 0 Å². The van der Waals surface area contributed by atoms with E-state index in [1.807, 2.05) is 0 Å². The standard InChI is InChI=1S/C13H7N3O5/c14-8-9-6-11(16(19)20)4-5-13(9)21-12-3-1-2-10(7-12)15(17)18/h1-7H. The summed E-state index contributed by atoms with van der Waals surface area (Å²) in [6.07, 6.45) is 0. The molecule has 0 atom stereocenters. The van der Waals surface area contributed by atoms with E-state index in [0.29, 0.717) is 0 Å². The molecule has 0 aliphatic heterocycles. The summed E-state index contributed by atoms with van der Waals surface area (Å²) in [5, 5.41) is 30.3. The van der Waals surface area contributed by atoms with Crippen molar-refractivity contribution in [3.63, 3.8) is 0 Å². The van der Waals surface area contributed by atoms with Crippen molar-refractivity contribution in [1.29, 1.82) is 5.26 Å². The van der Waals surface area contributed by atoms with Crippen molar-refractivity contribution in [2.24, 2.45) is 0 Å². The van der Waals surface area contributed by atoms with Gasteiger partial charge in [0.15, 0.2) is 0 Å².